The predicted molar refractivity (Wildman–Crippen MR) is 61.2 cm³/mol. The van der Waals surface area contributed by atoms with E-state index in [4.69, 9.17) is 0 Å². The summed E-state index contributed by atoms with van der Waals surface area (Å²) >= 11 is 1.84. The second-order valence-corrected chi connectivity index (χ2v) is 4.85. The molecule has 0 aromatic heterocycles. The predicted octanol–water partition coefficient (Wildman–Crippen LogP) is 2.96. The number of halogens is 3. The summed E-state index contributed by atoms with van der Waals surface area (Å²) in [5.41, 5.74) is 0.992. The second-order valence-electron chi connectivity index (χ2n) is 3.70. The van der Waals surface area contributed by atoms with Crippen molar-refractivity contribution < 1.29 is 17.9 Å². The van der Waals surface area contributed by atoms with E-state index in [0.29, 0.717) is 0 Å². The van der Waals surface area contributed by atoms with Gasteiger partial charge in [-0.1, -0.05) is 12.1 Å². The van der Waals surface area contributed by atoms with Crippen LogP contribution in [0.2, 0.25) is 0 Å². The van der Waals surface area contributed by atoms with Gasteiger partial charge in [0.15, 0.2) is 0 Å². The fraction of sp³-hybridized carbons (Fsp3) is 0.455. The molecule has 1 N–H and O–H groups in total. The maximum absolute atomic E-state index is 12.0. The van der Waals surface area contributed by atoms with Crippen LogP contribution in [0.3, 0.4) is 0 Å². The lowest BCUT2D eigenvalue weighted by atomic mass is 10.1. The number of benzene rings is 1. The first-order valence-electron chi connectivity index (χ1n) is 5.21. The lowest BCUT2D eigenvalue weighted by molar-refractivity contribution is -0.274. The van der Waals surface area contributed by atoms with Crippen molar-refractivity contribution in [3.05, 3.63) is 29.8 Å². The zero-order valence-electron chi connectivity index (χ0n) is 8.96. The summed E-state index contributed by atoms with van der Waals surface area (Å²) < 4.78 is 39.7. The van der Waals surface area contributed by atoms with Gasteiger partial charge in [-0.25, -0.2) is 0 Å². The number of hydrogen-bond acceptors (Lipinski definition) is 3. The molecule has 1 aliphatic rings. The minimum atomic E-state index is -4.62. The van der Waals surface area contributed by atoms with Crippen LogP contribution >= 0.6 is 11.8 Å². The third kappa shape index (κ3) is 3.81. The smallest absolute Gasteiger partial charge is 0.406 e. The van der Waals surface area contributed by atoms with Gasteiger partial charge in [0.2, 0.25) is 0 Å². The van der Waals surface area contributed by atoms with Gasteiger partial charge in [-0.15, -0.1) is 13.2 Å². The average Bonchev–Trinajstić information content (AvgIpc) is 2.29. The maximum Gasteiger partial charge on any atom is 0.573 e. The number of thioether (sulfide) groups is 1. The lowest BCUT2D eigenvalue weighted by Crippen LogP contribution is -2.30. The van der Waals surface area contributed by atoms with E-state index in [1.807, 2.05) is 11.8 Å². The van der Waals surface area contributed by atoms with Crippen LogP contribution in [0, 0.1) is 0 Å². The molecule has 17 heavy (non-hydrogen) atoms. The van der Waals surface area contributed by atoms with E-state index in [-0.39, 0.29) is 11.8 Å². The Morgan fingerprint density at radius 3 is 2.47 bits per heavy atom. The molecule has 1 heterocycles. The summed E-state index contributed by atoms with van der Waals surface area (Å²) in [6, 6.07) is 6.26. The molecular formula is C11H12F3NOS. The number of hydrogen-bond donors (Lipinski definition) is 1. The molecule has 0 amide bonds. The van der Waals surface area contributed by atoms with Crippen molar-refractivity contribution in [3.63, 3.8) is 0 Å². The van der Waals surface area contributed by atoms with Crippen molar-refractivity contribution in [2.45, 2.75) is 12.4 Å². The van der Waals surface area contributed by atoms with Crippen LogP contribution in [-0.4, -0.2) is 24.4 Å². The quantitative estimate of drug-likeness (QED) is 0.886. The number of alkyl halides is 3. The Morgan fingerprint density at radius 1 is 1.24 bits per heavy atom. The molecule has 0 spiro atoms. The minimum Gasteiger partial charge on any atom is -0.406 e. The average molecular weight is 263 g/mol. The summed E-state index contributed by atoms with van der Waals surface area (Å²) in [5, 5.41) is 3.32. The molecule has 1 saturated heterocycles. The number of nitrogens with one attached hydrogen (secondary N) is 1. The molecule has 0 bridgehead atoms. The molecular weight excluding hydrogens is 251 g/mol. The molecule has 1 fully saturated rings. The summed E-state index contributed by atoms with van der Waals surface area (Å²) in [4.78, 5) is 0. The molecule has 1 aromatic carbocycles. The zero-order valence-corrected chi connectivity index (χ0v) is 9.77. The van der Waals surface area contributed by atoms with Crippen molar-refractivity contribution in [3.8, 4) is 5.75 Å². The molecule has 6 heteroatoms. The number of rotatable bonds is 2. The summed E-state index contributed by atoms with van der Waals surface area (Å²) in [5.74, 6) is 1.84. The van der Waals surface area contributed by atoms with Crippen molar-refractivity contribution >= 4 is 11.8 Å². The van der Waals surface area contributed by atoms with Crippen LogP contribution in [0.15, 0.2) is 24.3 Å². The second kappa shape index (κ2) is 5.18. The van der Waals surface area contributed by atoms with Gasteiger partial charge >= 0.3 is 6.36 Å². The molecule has 2 rings (SSSR count). The molecule has 1 unspecified atom stereocenters. The summed E-state index contributed by atoms with van der Waals surface area (Å²) in [6.07, 6.45) is -4.62. The normalized spacial score (nSPS) is 21.2. The van der Waals surface area contributed by atoms with E-state index in [2.05, 4.69) is 10.1 Å². The minimum absolute atomic E-state index is 0.176. The van der Waals surface area contributed by atoms with Crippen LogP contribution in [0.1, 0.15) is 11.6 Å². The molecule has 2 nitrogen and oxygen atoms in total. The monoisotopic (exact) mass is 263 g/mol. The molecule has 0 radical (unpaired) electrons. The first kappa shape index (κ1) is 12.6. The van der Waals surface area contributed by atoms with Gasteiger partial charge in [0.1, 0.15) is 5.75 Å². The van der Waals surface area contributed by atoms with E-state index in [0.717, 1.165) is 23.6 Å². The van der Waals surface area contributed by atoms with Crippen LogP contribution < -0.4 is 10.1 Å². The molecule has 1 aromatic rings. The van der Waals surface area contributed by atoms with Crippen LogP contribution in [-0.2, 0) is 0 Å². The Balaban J connectivity index is 2.02. The zero-order chi connectivity index (χ0) is 12.3. The Bertz CT molecular complexity index is 360. The highest BCUT2D eigenvalue weighted by molar-refractivity contribution is 7.99. The Hall–Kier alpha value is -0.880. The highest BCUT2D eigenvalue weighted by Gasteiger charge is 2.31. The van der Waals surface area contributed by atoms with Gasteiger partial charge in [0, 0.05) is 24.1 Å². The van der Waals surface area contributed by atoms with Gasteiger partial charge in [0.05, 0.1) is 0 Å². The van der Waals surface area contributed by atoms with E-state index in [1.165, 1.54) is 12.1 Å². The molecule has 1 atom stereocenters. The first-order valence-corrected chi connectivity index (χ1v) is 6.37. The largest absolute Gasteiger partial charge is 0.573 e. The number of ether oxygens (including phenoxy) is 1. The highest BCUT2D eigenvalue weighted by atomic mass is 32.2. The fourth-order valence-corrected chi connectivity index (χ4v) is 2.66. The van der Waals surface area contributed by atoms with Crippen LogP contribution in [0.25, 0.3) is 0 Å². The van der Waals surface area contributed by atoms with Crippen molar-refractivity contribution in [2.75, 3.05) is 18.1 Å². The van der Waals surface area contributed by atoms with Gasteiger partial charge in [-0.3, -0.25) is 0 Å². The highest BCUT2D eigenvalue weighted by Crippen LogP contribution is 2.26. The third-order valence-corrected chi connectivity index (χ3v) is 3.50. The van der Waals surface area contributed by atoms with Crippen LogP contribution in [0.5, 0.6) is 5.75 Å². The van der Waals surface area contributed by atoms with E-state index < -0.39 is 6.36 Å². The van der Waals surface area contributed by atoms with E-state index >= 15 is 0 Å². The Kier molecular flexibility index (Phi) is 3.83. The topological polar surface area (TPSA) is 21.3 Å². The van der Waals surface area contributed by atoms with Gasteiger partial charge in [-0.05, 0) is 17.7 Å². The van der Waals surface area contributed by atoms with Gasteiger partial charge in [-0.2, -0.15) is 11.8 Å². The van der Waals surface area contributed by atoms with Crippen molar-refractivity contribution in [1.29, 1.82) is 0 Å². The van der Waals surface area contributed by atoms with Gasteiger partial charge < -0.3 is 10.1 Å². The SMILES string of the molecule is FC(F)(F)Oc1ccc(C2CSCCN2)cc1. The first-order chi connectivity index (χ1) is 8.04. The van der Waals surface area contributed by atoms with Gasteiger partial charge in [0.25, 0.3) is 0 Å². The standard InChI is InChI=1S/C11H12F3NOS/c12-11(13,14)16-9-3-1-8(2-4-9)10-7-17-6-5-15-10/h1-4,10,15H,5-7H2. The lowest BCUT2D eigenvalue weighted by Gasteiger charge is -2.23. The third-order valence-electron chi connectivity index (χ3n) is 2.44. The molecule has 1 aliphatic heterocycles. The van der Waals surface area contributed by atoms with E-state index in [9.17, 15) is 13.2 Å². The van der Waals surface area contributed by atoms with E-state index in [1.54, 1.807) is 12.1 Å². The molecule has 94 valence electrons. The molecule has 0 saturated carbocycles. The summed E-state index contributed by atoms with van der Waals surface area (Å²) in [6.45, 7) is 0.927. The van der Waals surface area contributed by atoms with Crippen molar-refractivity contribution in [1.82, 2.24) is 5.32 Å². The fourth-order valence-electron chi connectivity index (χ4n) is 1.68. The maximum atomic E-state index is 12.0. The molecule has 0 aliphatic carbocycles. The van der Waals surface area contributed by atoms with Crippen molar-refractivity contribution in [2.24, 2.45) is 0 Å². The summed E-state index contributed by atoms with van der Waals surface area (Å²) in [7, 11) is 0. The Labute approximate surface area is 102 Å². The Morgan fingerprint density at radius 2 is 1.94 bits per heavy atom. The van der Waals surface area contributed by atoms with Crippen LogP contribution in [0.4, 0.5) is 13.2 Å².